The topological polar surface area (TPSA) is 52.6 Å². The highest BCUT2D eigenvalue weighted by Gasteiger charge is 2.02. The molecule has 1 aromatic rings. The summed E-state index contributed by atoms with van der Waals surface area (Å²) >= 11 is 0. The van der Waals surface area contributed by atoms with Gasteiger partial charge in [-0.1, -0.05) is 24.0 Å². The summed E-state index contributed by atoms with van der Waals surface area (Å²) in [6.07, 6.45) is 0.488. The van der Waals surface area contributed by atoms with E-state index in [4.69, 9.17) is 5.11 Å². The van der Waals surface area contributed by atoms with Crippen LogP contribution in [0.2, 0.25) is 0 Å². The SMILES string of the molecule is CN(C)CC(=O)NCc1ccc(C#CCCO)cc1. The smallest absolute Gasteiger partial charge is 0.234 e. The van der Waals surface area contributed by atoms with Crippen LogP contribution in [0.25, 0.3) is 0 Å². The van der Waals surface area contributed by atoms with Crippen molar-refractivity contribution in [3.63, 3.8) is 0 Å². The fraction of sp³-hybridized carbons (Fsp3) is 0.400. The summed E-state index contributed by atoms with van der Waals surface area (Å²) in [5, 5.41) is 11.5. The summed E-state index contributed by atoms with van der Waals surface area (Å²) in [6, 6.07) is 7.72. The summed E-state index contributed by atoms with van der Waals surface area (Å²) in [6.45, 7) is 1.00. The van der Waals surface area contributed by atoms with E-state index >= 15 is 0 Å². The first kappa shape index (κ1) is 15.2. The number of hydrogen-bond acceptors (Lipinski definition) is 3. The van der Waals surface area contributed by atoms with Crippen LogP contribution in [0, 0.1) is 11.8 Å². The molecule has 0 radical (unpaired) electrons. The molecule has 102 valence electrons. The van der Waals surface area contributed by atoms with Crippen molar-refractivity contribution >= 4 is 5.91 Å². The van der Waals surface area contributed by atoms with Gasteiger partial charge in [0, 0.05) is 18.5 Å². The molecule has 0 saturated carbocycles. The van der Waals surface area contributed by atoms with Gasteiger partial charge in [-0.25, -0.2) is 0 Å². The van der Waals surface area contributed by atoms with Gasteiger partial charge in [0.2, 0.25) is 5.91 Å². The van der Waals surface area contributed by atoms with Crippen molar-refractivity contribution < 1.29 is 9.90 Å². The molecule has 1 rings (SSSR count). The number of carbonyl (C=O) groups is 1. The molecule has 1 amide bonds. The van der Waals surface area contributed by atoms with Gasteiger partial charge >= 0.3 is 0 Å². The second-order valence-corrected chi connectivity index (χ2v) is 4.49. The number of hydrogen-bond donors (Lipinski definition) is 2. The fourth-order valence-corrected chi connectivity index (χ4v) is 1.47. The van der Waals surface area contributed by atoms with Gasteiger partial charge in [-0.2, -0.15) is 0 Å². The number of aliphatic hydroxyl groups is 1. The molecular weight excluding hydrogens is 240 g/mol. The van der Waals surface area contributed by atoms with Gasteiger partial charge in [0.05, 0.1) is 13.2 Å². The summed E-state index contributed by atoms with van der Waals surface area (Å²) in [5.74, 6) is 5.84. The molecule has 0 bridgehead atoms. The third-order valence-electron chi connectivity index (χ3n) is 2.37. The molecular formula is C15H20N2O2. The number of nitrogens with zero attached hydrogens (tertiary/aromatic N) is 1. The third kappa shape index (κ3) is 6.61. The zero-order valence-electron chi connectivity index (χ0n) is 11.4. The molecule has 1 aromatic carbocycles. The van der Waals surface area contributed by atoms with Crippen molar-refractivity contribution in [2.45, 2.75) is 13.0 Å². The van der Waals surface area contributed by atoms with E-state index in [-0.39, 0.29) is 12.5 Å². The maximum absolute atomic E-state index is 11.5. The molecule has 0 aliphatic heterocycles. The predicted molar refractivity (Wildman–Crippen MR) is 75.4 cm³/mol. The Morgan fingerprint density at radius 3 is 2.58 bits per heavy atom. The number of nitrogens with one attached hydrogen (secondary N) is 1. The van der Waals surface area contributed by atoms with Crippen molar-refractivity contribution in [3.8, 4) is 11.8 Å². The molecule has 0 spiro atoms. The molecule has 2 N–H and O–H groups in total. The summed E-state index contributed by atoms with van der Waals surface area (Å²) in [7, 11) is 3.72. The normalized spacial score (nSPS) is 9.89. The Bertz CT molecular complexity index is 455. The lowest BCUT2D eigenvalue weighted by atomic mass is 10.1. The van der Waals surface area contributed by atoms with Crippen LogP contribution in [0.3, 0.4) is 0 Å². The van der Waals surface area contributed by atoms with Crippen LogP contribution in [0.5, 0.6) is 0 Å². The third-order valence-corrected chi connectivity index (χ3v) is 2.37. The highest BCUT2D eigenvalue weighted by molar-refractivity contribution is 5.77. The molecule has 0 heterocycles. The van der Waals surface area contributed by atoms with Crippen molar-refractivity contribution in [1.29, 1.82) is 0 Å². The van der Waals surface area contributed by atoms with Gasteiger partial charge in [0.1, 0.15) is 0 Å². The monoisotopic (exact) mass is 260 g/mol. The highest BCUT2D eigenvalue weighted by Crippen LogP contribution is 2.03. The van der Waals surface area contributed by atoms with Crippen molar-refractivity contribution in [1.82, 2.24) is 10.2 Å². The molecule has 0 aliphatic rings. The minimum atomic E-state index is 0.0109. The van der Waals surface area contributed by atoms with Crippen LogP contribution in [-0.4, -0.2) is 43.2 Å². The van der Waals surface area contributed by atoms with Crippen LogP contribution < -0.4 is 5.32 Å². The molecule has 0 fully saturated rings. The maximum atomic E-state index is 11.5. The number of amides is 1. The molecule has 19 heavy (non-hydrogen) atoms. The quantitative estimate of drug-likeness (QED) is 0.762. The van der Waals surface area contributed by atoms with Crippen LogP contribution >= 0.6 is 0 Å². The Morgan fingerprint density at radius 1 is 1.32 bits per heavy atom. The molecule has 0 atom stereocenters. The van der Waals surface area contributed by atoms with Crippen LogP contribution in [0.1, 0.15) is 17.5 Å². The van der Waals surface area contributed by atoms with E-state index in [0.29, 0.717) is 19.5 Å². The second-order valence-electron chi connectivity index (χ2n) is 4.49. The molecule has 0 unspecified atom stereocenters. The Balaban J connectivity index is 2.45. The molecule has 0 saturated heterocycles. The standard InChI is InChI=1S/C15H20N2O2/c1-17(2)12-15(19)16-11-14-8-6-13(7-9-14)5-3-4-10-18/h6-9,18H,4,10-12H2,1-2H3,(H,16,19). The van der Waals surface area contributed by atoms with E-state index in [9.17, 15) is 4.79 Å². The van der Waals surface area contributed by atoms with E-state index in [1.807, 2.05) is 43.3 Å². The maximum Gasteiger partial charge on any atom is 0.234 e. The van der Waals surface area contributed by atoms with Crippen molar-refractivity contribution in [3.05, 3.63) is 35.4 Å². The first-order valence-electron chi connectivity index (χ1n) is 6.22. The molecule has 0 aliphatic carbocycles. The number of rotatable bonds is 5. The van der Waals surface area contributed by atoms with Crippen molar-refractivity contribution in [2.24, 2.45) is 0 Å². The van der Waals surface area contributed by atoms with E-state index in [2.05, 4.69) is 17.2 Å². The summed E-state index contributed by atoms with van der Waals surface area (Å²) in [4.78, 5) is 13.3. The lowest BCUT2D eigenvalue weighted by Gasteiger charge is -2.10. The van der Waals surface area contributed by atoms with Crippen LogP contribution in [0.15, 0.2) is 24.3 Å². The van der Waals surface area contributed by atoms with E-state index < -0.39 is 0 Å². The zero-order valence-corrected chi connectivity index (χ0v) is 11.4. The van der Waals surface area contributed by atoms with E-state index in [1.54, 1.807) is 0 Å². The van der Waals surface area contributed by atoms with Gasteiger partial charge in [-0.15, -0.1) is 0 Å². The molecule has 4 heteroatoms. The van der Waals surface area contributed by atoms with Gasteiger partial charge in [-0.3, -0.25) is 4.79 Å². The largest absolute Gasteiger partial charge is 0.395 e. The lowest BCUT2D eigenvalue weighted by molar-refractivity contribution is -0.121. The predicted octanol–water partition coefficient (Wildman–Crippen LogP) is 0.598. The first-order chi connectivity index (χ1) is 9.11. The first-order valence-corrected chi connectivity index (χ1v) is 6.22. The average molecular weight is 260 g/mol. The minimum Gasteiger partial charge on any atom is -0.395 e. The average Bonchev–Trinajstić information content (AvgIpc) is 2.37. The van der Waals surface area contributed by atoms with Crippen LogP contribution in [-0.2, 0) is 11.3 Å². The minimum absolute atomic E-state index is 0.0109. The van der Waals surface area contributed by atoms with E-state index in [1.165, 1.54) is 0 Å². The Labute approximate surface area is 114 Å². The number of likely N-dealkylation sites (N-methyl/N-ethyl adjacent to an activating group) is 1. The number of benzene rings is 1. The van der Waals surface area contributed by atoms with Gasteiger partial charge in [0.25, 0.3) is 0 Å². The second kappa shape index (κ2) is 8.30. The van der Waals surface area contributed by atoms with Gasteiger partial charge in [-0.05, 0) is 31.8 Å². The number of carbonyl (C=O) groups excluding carboxylic acids is 1. The fourth-order valence-electron chi connectivity index (χ4n) is 1.47. The van der Waals surface area contributed by atoms with Crippen molar-refractivity contribution in [2.75, 3.05) is 27.2 Å². The Morgan fingerprint density at radius 2 is 2.00 bits per heavy atom. The highest BCUT2D eigenvalue weighted by atomic mass is 16.2. The number of aliphatic hydroxyl groups excluding tert-OH is 1. The zero-order chi connectivity index (χ0) is 14.1. The van der Waals surface area contributed by atoms with Gasteiger partial charge in [0.15, 0.2) is 0 Å². The van der Waals surface area contributed by atoms with Crippen LogP contribution in [0.4, 0.5) is 0 Å². The summed E-state index contributed by atoms with van der Waals surface area (Å²) in [5.41, 5.74) is 1.96. The summed E-state index contributed by atoms with van der Waals surface area (Å²) < 4.78 is 0. The Kier molecular flexibility index (Phi) is 6.65. The molecule has 4 nitrogen and oxygen atoms in total. The van der Waals surface area contributed by atoms with E-state index in [0.717, 1.165) is 11.1 Å². The molecule has 0 aromatic heterocycles. The lowest BCUT2D eigenvalue weighted by Crippen LogP contribution is -2.32. The Hall–Kier alpha value is -1.83. The van der Waals surface area contributed by atoms with Gasteiger partial charge < -0.3 is 15.3 Å².